The number of ether oxygens (including phenoxy) is 1. The van der Waals surface area contributed by atoms with Crippen LogP contribution in [0.1, 0.15) is 28.9 Å². The summed E-state index contributed by atoms with van der Waals surface area (Å²) in [7, 11) is 0. The first kappa shape index (κ1) is 21.6. The lowest BCUT2D eigenvalue weighted by Crippen LogP contribution is -2.47. The van der Waals surface area contributed by atoms with Gasteiger partial charge in [-0.1, -0.05) is 11.6 Å². The fourth-order valence-corrected chi connectivity index (χ4v) is 4.64. The molecule has 3 aromatic rings. The van der Waals surface area contributed by atoms with E-state index in [0.717, 1.165) is 10.5 Å². The van der Waals surface area contributed by atoms with Gasteiger partial charge in [-0.25, -0.2) is 9.78 Å². The molecule has 5 heterocycles. The quantitative estimate of drug-likeness (QED) is 0.611. The largest absolute Gasteiger partial charge is 0.448 e. The van der Waals surface area contributed by atoms with E-state index in [1.54, 1.807) is 23.2 Å². The summed E-state index contributed by atoms with van der Waals surface area (Å²) >= 11 is 6.38. The van der Waals surface area contributed by atoms with Crippen LogP contribution >= 0.6 is 11.6 Å². The van der Waals surface area contributed by atoms with Crippen LogP contribution in [0.2, 0.25) is 5.15 Å². The number of alkyl halides is 3. The normalized spacial score (nSPS) is 17.8. The molecule has 2 saturated heterocycles. The Morgan fingerprint density at radius 1 is 1.24 bits per heavy atom. The lowest BCUT2D eigenvalue weighted by atomic mass is 10.0. The third kappa shape index (κ3) is 3.79. The molecule has 0 bridgehead atoms. The molecule has 2 aliphatic rings. The first-order valence-corrected chi connectivity index (χ1v) is 10.8. The van der Waals surface area contributed by atoms with Crippen LogP contribution in [0.15, 0.2) is 30.6 Å². The van der Waals surface area contributed by atoms with E-state index < -0.39 is 23.3 Å². The maximum atomic E-state index is 13.8. The first-order chi connectivity index (χ1) is 15.7. The van der Waals surface area contributed by atoms with Crippen molar-refractivity contribution in [3.05, 3.63) is 47.0 Å². The maximum absolute atomic E-state index is 13.8. The number of carbonyl (C=O) groups is 2. The molecule has 0 aliphatic carbocycles. The smallest absolute Gasteiger partial charge is 0.420 e. The number of cyclic esters (lactones) is 1. The Kier molecular flexibility index (Phi) is 5.23. The van der Waals surface area contributed by atoms with E-state index in [9.17, 15) is 22.8 Å². The van der Waals surface area contributed by atoms with Gasteiger partial charge in [0.2, 0.25) is 0 Å². The molecule has 0 atom stereocenters. The van der Waals surface area contributed by atoms with Crippen LogP contribution in [0.4, 0.5) is 18.0 Å². The molecular weight excluding hydrogens is 463 g/mol. The molecule has 2 fully saturated rings. The van der Waals surface area contributed by atoms with Crippen LogP contribution in [0, 0.1) is 0 Å². The summed E-state index contributed by atoms with van der Waals surface area (Å²) in [5, 5.41) is -0.181. The highest BCUT2D eigenvalue weighted by Crippen LogP contribution is 2.37. The number of pyridine rings is 1. The third-order valence-electron chi connectivity index (χ3n) is 6.06. The van der Waals surface area contributed by atoms with Crippen molar-refractivity contribution in [2.24, 2.45) is 0 Å². The molecule has 3 aromatic heterocycles. The average Bonchev–Trinajstić information content (AvgIpc) is 3.53. The van der Waals surface area contributed by atoms with Gasteiger partial charge < -0.3 is 19.5 Å². The molecule has 2 amide bonds. The summed E-state index contributed by atoms with van der Waals surface area (Å²) < 4.78 is 47.5. The molecular formula is C21H19ClF3N5O3. The minimum absolute atomic E-state index is 0.0409. The Labute approximate surface area is 190 Å². The van der Waals surface area contributed by atoms with E-state index in [1.165, 1.54) is 11.1 Å². The Bertz CT molecular complexity index is 1220. The lowest BCUT2D eigenvalue weighted by Gasteiger charge is -2.35. The molecule has 0 saturated carbocycles. The van der Waals surface area contributed by atoms with Gasteiger partial charge in [-0.05, 0) is 31.0 Å². The van der Waals surface area contributed by atoms with Gasteiger partial charge in [0.1, 0.15) is 11.8 Å². The van der Waals surface area contributed by atoms with E-state index in [-0.39, 0.29) is 28.5 Å². The Morgan fingerprint density at radius 2 is 2.00 bits per heavy atom. The summed E-state index contributed by atoms with van der Waals surface area (Å²) in [6.07, 6.45) is -0.952. The molecule has 5 rings (SSSR count). The van der Waals surface area contributed by atoms with Gasteiger partial charge in [0.25, 0.3) is 5.91 Å². The van der Waals surface area contributed by atoms with E-state index in [4.69, 9.17) is 16.3 Å². The molecule has 1 N–H and O–H groups in total. The second-order valence-corrected chi connectivity index (χ2v) is 8.36. The number of aromatic nitrogens is 3. The molecule has 0 unspecified atom stereocenters. The second-order valence-electron chi connectivity index (χ2n) is 8.00. The van der Waals surface area contributed by atoms with Crippen molar-refractivity contribution < 1.29 is 27.5 Å². The Hall–Kier alpha value is -3.21. The fourth-order valence-electron chi connectivity index (χ4n) is 4.39. The second kappa shape index (κ2) is 7.98. The van der Waals surface area contributed by atoms with Gasteiger partial charge in [0, 0.05) is 42.8 Å². The number of H-pyrrole nitrogens is 1. The van der Waals surface area contributed by atoms with Crippen molar-refractivity contribution in [3.8, 4) is 11.3 Å². The van der Waals surface area contributed by atoms with Gasteiger partial charge >= 0.3 is 12.3 Å². The van der Waals surface area contributed by atoms with Crippen LogP contribution in [-0.2, 0) is 10.9 Å². The van der Waals surface area contributed by atoms with Gasteiger partial charge in [-0.3, -0.25) is 9.20 Å². The van der Waals surface area contributed by atoms with Crippen molar-refractivity contribution >= 4 is 29.2 Å². The van der Waals surface area contributed by atoms with Crippen LogP contribution in [-0.4, -0.2) is 68.5 Å². The number of nitrogens with one attached hydrogen (secondary N) is 1. The molecule has 0 aromatic carbocycles. The summed E-state index contributed by atoms with van der Waals surface area (Å²) in [5.41, 5.74) is -0.911. The molecule has 2 aliphatic heterocycles. The molecule has 174 valence electrons. The number of halogens is 4. The number of nitrogens with zero attached hydrogens (tertiary/aromatic N) is 4. The Morgan fingerprint density at radius 3 is 2.61 bits per heavy atom. The monoisotopic (exact) mass is 481 g/mol. The summed E-state index contributed by atoms with van der Waals surface area (Å²) in [6.45, 7) is 1.52. The maximum Gasteiger partial charge on any atom is 0.420 e. The van der Waals surface area contributed by atoms with Crippen molar-refractivity contribution in [1.82, 2.24) is 24.2 Å². The van der Waals surface area contributed by atoms with Gasteiger partial charge in [-0.2, -0.15) is 13.2 Å². The highest BCUT2D eigenvalue weighted by Gasteiger charge is 2.38. The zero-order valence-corrected chi connectivity index (χ0v) is 18.0. The number of amides is 2. The standard InChI is InChI=1S/C21H19ClF3N5O3/c22-17-16(19(31)28-6-3-13(4-7-28)29-8-9-33-20(29)32)27-18-14(21(23,24)25)10-12(11-30(17)18)15-2-1-5-26-15/h1-2,5,10-11,13,26H,3-4,6-9H2. The van der Waals surface area contributed by atoms with Crippen molar-refractivity contribution in [3.63, 3.8) is 0 Å². The zero-order chi connectivity index (χ0) is 23.3. The number of fused-ring (bicyclic) bond motifs is 1. The average molecular weight is 482 g/mol. The van der Waals surface area contributed by atoms with E-state index >= 15 is 0 Å². The number of imidazole rings is 1. The SMILES string of the molecule is O=C(c1nc2c(C(F)(F)F)cc(-c3ccc[nH]3)cn2c1Cl)N1CCC(N2CCOC2=O)CC1. The highest BCUT2D eigenvalue weighted by molar-refractivity contribution is 6.33. The van der Waals surface area contributed by atoms with Gasteiger partial charge in [-0.15, -0.1) is 0 Å². The summed E-state index contributed by atoms with van der Waals surface area (Å²) in [4.78, 5) is 34.9. The number of likely N-dealkylation sites (tertiary alicyclic amines) is 1. The fraction of sp³-hybridized carbons (Fsp3) is 0.381. The molecule has 8 nitrogen and oxygen atoms in total. The number of hydrogen-bond acceptors (Lipinski definition) is 4. The van der Waals surface area contributed by atoms with Gasteiger partial charge in [0.15, 0.2) is 11.3 Å². The van der Waals surface area contributed by atoms with Crippen LogP contribution in [0.5, 0.6) is 0 Å². The lowest BCUT2D eigenvalue weighted by molar-refractivity contribution is -0.136. The number of piperidine rings is 1. The van der Waals surface area contributed by atoms with Crippen LogP contribution in [0.25, 0.3) is 16.9 Å². The molecule has 0 spiro atoms. The zero-order valence-electron chi connectivity index (χ0n) is 17.2. The van der Waals surface area contributed by atoms with E-state index in [0.29, 0.717) is 44.8 Å². The van der Waals surface area contributed by atoms with E-state index in [1.807, 2.05) is 0 Å². The summed E-state index contributed by atoms with van der Waals surface area (Å²) in [5.74, 6) is -0.541. The predicted molar refractivity (Wildman–Crippen MR) is 112 cm³/mol. The molecule has 0 radical (unpaired) electrons. The van der Waals surface area contributed by atoms with Gasteiger partial charge in [0.05, 0.1) is 12.1 Å². The topological polar surface area (TPSA) is 82.9 Å². The molecule has 12 heteroatoms. The number of rotatable bonds is 3. The summed E-state index contributed by atoms with van der Waals surface area (Å²) in [6, 6.07) is 4.25. The van der Waals surface area contributed by atoms with Crippen LogP contribution in [0.3, 0.4) is 0 Å². The number of carbonyl (C=O) groups excluding carboxylic acids is 2. The molecule has 33 heavy (non-hydrogen) atoms. The third-order valence-corrected chi connectivity index (χ3v) is 6.42. The van der Waals surface area contributed by atoms with Crippen molar-refractivity contribution in [2.45, 2.75) is 25.1 Å². The minimum Gasteiger partial charge on any atom is -0.448 e. The van der Waals surface area contributed by atoms with Crippen molar-refractivity contribution in [1.29, 1.82) is 0 Å². The number of aromatic amines is 1. The highest BCUT2D eigenvalue weighted by atomic mass is 35.5. The predicted octanol–water partition coefficient (Wildman–Crippen LogP) is 4.06. The van der Waals surface area contributed by atoms with Crippen molar-refractivity contribution in [2.75, 3.05) is 26.2 Å². The Balaban J connectivity index is 1.46. The number of hydrogen-bond donors (Lipinski definition) is 1. The van der Waals surface area contributed by atoms with E-state index in [2.05, 4.69) is 9.97 Å². The van der Waals surface area contributed by atoms with Crippen LogP contribution < -0.4 is 0 Å². The first-order valence-electron chi connectivity index (χ1n) is 10.4. The minimum atomic E-state index is -4.69.